The van der Waals surface area contributed by atoms with Crippen molar-refractivity contribution in [2.75, 3.05) is 20.2 Å². The predicted molar refractivity (Wildman–Crippen MR) is 95.2 cm³/mol. The number of para-hydroxylation sites is 1. The summed E-state index contributed by atoms with van der Waals surface area (Å²) in [6, 6.07) is 18.5. The highest BCUT2D eigenvalue weighted by atomic mass is 16.5. The first kappa shape index (κ1) is 16.5. The topological polar surface area (TPSA) is 41.6 Å². The molecule has 126 valence electrons. The van der Waals surface area contributed by atoms with Crippen LogP contribution >= 0.6 is 0 Å². The first-order chi connectivity index (χ1) is 11.8. The predicted octanol–water partition coefficient (Wildman–Crippen LogP) is 3.09. The maximum absolute atomic E-state index is 11.6. The van der Waals surface area contributed by atoms with E-state index in [1.165, 1.54) is 18.4 Å². The van der Waals surface area contributed by atoms with Gasteiger partial charge >= 0.3 is 0 Å². The lowest BCUT2D eigenvalue weighted by Crippen LogP contribution is -2.30. The fourth-order valence-electron chi connectivity index (χ4n) is 2.77. The van der Waals surface area contributed by atoms with Gasteiger partial charge in [0.25, 0.3) is 5.91 Å². The van der Waals surface area contributed by atoms with E-state index in [0.29, 0.717) is 18.2 Å². The van der Waals surface area contributed by atoms with Crippen molar-refractivity contribution in [3.8, 4) is 5.75 Å². The monoisotopic (exact) mass is 324 g/mol. The highest BCUT2D eigenvalue weighted by Crippen LogP contribution is 2.28. The third kappa shape index (κ3) is 4.59. The van der Waals surface area contributed by atoms with Crippen molar-refractivity contribution in [1.82, 2.24) is 10.2 Å². The van der Waals surface area contributed by atoms with E-state index in [2.05, 4.69) is 10.2 Å². The Labute approximate surface area is 143 Å². The van der Waals surface area contributed by atoms with Gasteiger partial charge in [0.05, 0.1) is 0 Å². The molecule has 1 fully saturated rings. The molecular formula is C20H24N2O2. The molecular weight excluding hydrogens is 300 g/mol. The van der Waals surface area contributed by atoms with Gasteiger partial charge in [0.1, 0.15) is 12.4 Å². The number of ether oxygens (including phenoxy) is 1. The Bertz CT molecular complexity index is 651. The highest BCUT2D eigenvalue weighted by molar-refractivity contribution is 5.93. The molecule has 0 unspecified atom stereocenters. The Morgan fingerprint density at radius 2 is 1.83 bits per heavy atom. The number of rotatable bonds is 8. The van der Waals surface area contributed by atoms with E-state index in [0.717, 1.165) is 18.8 Å². The van der Waals surface area contributed by atoms with Crippen LogP contribution in [-0.4, -0.2) is 37.0 Å². The minimum atomic E-state index is -0.0446. The van der Waals surface area contributed by atoms with Crippen LogP contribution < -0.4 is 10.1 Å². The van der Waals surface area contributed by atoms with E-state index in [1.54, 1.807) is 7.05 Å². The molecule has 1 saturated carbocycles. The fraction of sp³-hybridized carbons (Fsp3) is 0.350. The minimum absolute atomic E-state index is 0.0446. The zero-order chi connectivity index (χ0) is 16.8. The smallest absolute Gasteiger partial charge is 0.251 e. The van der Waals surface area contributed by atoms with Gasteiger partial charge in [-0.15, -0.1) is 0 Å². The highest BCUT2D eigenvalue weighted by Gasteiger charge is 2.28. The summed E-state index contributed by atoms with van der Waals surface area (Å²) in [5, 5.41) is 2.65. The number of carbonyl (C=O) groups excluding carboxylic acids is 1. The van der Waals surface area contributed by atoms with Crippen LogP contribution in [0.15, 0.2) is 54.6 Å². The molecule has 1 amide bonds. The number of amides is 1. The lowest BCUT2D eigenvalue weighted by molar-refractivity contribution is 0.0963. The standard InChI is InChI=1S/C20H24N2O2/c1-21-20(23)17-9-7-16(8-10-17)15-22(18-11-12-18)13-14-24-19-5-3-2-4-6-19/h2-10,18H,11-15H2,1H3,(H,21,23). The van der Waals surface area contributed by atoms with Crippen LogP contribution in [0.4, 0.5) is 0 Å². The first-order valence-corrected chi connectivity index (χ1v) is 8.49. The molecule has 3 rings (SSSR count). The van der Waals surface area contributed by atoms with Gasteiger partial charge in [0.2, 0.25) is 0 Å². The molecule has 1 aliphatic rings. The van der Waals surface area contributed by atoms with Gasteiger partial charge in [-0.25, -0.2) is 0 Å². The molecule has 0 spiro atoms. The van der Waals surface area contributed by atoms with Crippen molar-refractivity contribution >= 4 is 5.91 Å². The normalized spacial score (nSPS) is 13.8. The van der Waals surface area contributed by atoms with E-state index in [1.807, 2.05) is 54.6 Å². The maximum atomic E-state index is 11.6. The molecule has 0 aromatic heterocycles. The van der Waals surface area contributed by atoms with Crippen LogP contribution in [0.5, 0.6) is 5.75 Å². The first-order valence-electron chi connectivity index (χ1n) is 8.49. The zero-order valence-electron chi connectivity index (χ0n) is 14.1. The largest absolute Gasteiger partial charge is 0.492 e. The minimum Gasteiger partial charge on any atom is -0.492 e. The maximum Gasteiger partial charge on any atom is 0.251 e. The molecule has 0 radical (unpaired) electrons. The third-order valence-corrected chi connectivity index (χ3v) is 4.28. The average Bonchev–Trinajstić information content (AvgIpc) is 3.47. The Morgan fingerprint density at radius 3 is 2.46 bits per heavy atom. The molecule has 0 saturated heterocycles. The van der Waals surface area contributed by atoms with Gasteiger partial charge in [-0.1, -0.05) is 30.3 Å². The summed E-state index contributed by atoms with van der Waals surface area (Å²) in [5.74, 6) is 0.875. The third-order valence-electron chi connectivity index (χ3n) is 4.28. The summed E-state index contributed by atoms with van der Waals surface area (Å²) in [6.07, 6.45) is 2.53. The van der Waals surface area contributed by atoms with Crippen molar-refractivity contribution in [3.05, 3.63) is 65.7 Å². The van der Waals surface area contributed by atoms with Crippen molar-refractivity contribution in [3.63, 3.8) is 0 Å². The number of benzene rings is 2. The molecule has 2 aromatic carbocycles. The molecule has 2 aromatic rings. The molecule has 0 atom stereocenters. The van der Waals surface area contributed by atoms with Crippen LogP contribution in [0.3, 0.4) is 0 Å². The van der Waals surface area contributed by atoms with E-state index < -0.39 is 0 Å². The summed E-state index contributed by atoms with van der Waals surface area (Å²) in [6.45, 7) is 2.50. The second-order valence-corrected chi connectivity index (χ2v) is 6.14. The van der Waals surface area contributed by atoms with E-state index in [-0.39, 0.29) is 5.91 Å². The summed E-state index contributed by atoms with van der Waals surface area (Å²) in [4.78, 5) is 14.1. The van der Waals surface area contributed by atoms with Gasteiger partial charge in [-0.05, 0) is 42.7 Å². The van der Waals surface area contributed by atoms with Gasteiger partial charge in [-0.2, -0.15) is 0 Å². The molecule has 0 aliphatic heterocycles. The lowest BCUT2D eigenvalue weighted by Gasteiger charge is -2.22. The van der Waals surface area contributed by atoms with E-state index >= 15 is 0 Å². The summed E-state index contributed by atoms with van der Waals surface area (Å²) in [5.41, 5.74) is 1.93. The molecule has 0 bridgehead atoms. The SMILES string of the molecule is CNC(=O)c1ccc(CN(CCOc2ccccc2)C2CC2)cc1. The second kappa shape index (κ2) is 7.97. The van der Waals surface area contributed by atoms with Crippen LogP contribution in [0, 0.1) is 0 Å². The Balaban J connectivity index is 1.53. The molecule has 4 heteroatoms. The number of carbonyl (C=O) groups is 1. The number of hydrogen-bond acceptors (Lipinski definition) is 3. The van der Waals surface area contributed by atoms with Crippen molar-refractivity contribution in [1.29, 1.82) is 0 Å². The molecule has 0 heterocycles. The van der Waals surface area contributed by atoms with Gasteiger partial charge in [-0.3, -0.25) is 9.69 Å². The van der Waals surface area contributed by atoms with Crippen LogP contribution in [0.2, 0.25) is 0 Å². The zero-order valence-corrected chi connectivity index (χ0v) is 14.1. The Hall–Kier alpha value is -2.33. The molecule has 24 heavy (non-hydrogen) atoms. The summed E-state index contributed by atoms with van der Waals surface area (Å²) >= 11 is 0. The van der Waals surface area contributed by atoms with E-state index in [4.69, 9.17) is 4.74 Å². The van der Waals surface area contributed by atoms with E-state index in [9.17, 15) is 4.79 Å². The van der Waals surface area contributed by atoms with Crippen molar-refractivity contribution in [2.24, 2.45) is 0 Å². The quantitative estimate of drug-likeness (QED) is 0.811. The molecule has 4 nitrogen and oxygen atoms in total. The second-order valence-electron chi connectivity index (χ2n) is 6.14. The molecule has 1 aliphatic carbocycles. The van der Waals surface area contributed by atoms with Gasteiger partial charge in [0, 0.05) is 31.7 Å². The van der Waals surface area contributed by atoms with Crippen molar-refractivity contribution in [2.45, 2.75) is 25.4 Å². The molecule has 1 N–H and O–H groups in total. The lowest BCUT2D eigenvalue weighted by atomic mass is 10.1. The fourth-order valence-corrected chi connectivity index (χ4v) is 2.77. The summed E-state index contributed by atoms with van der Waals surface area (Å²) < 4.78 is 5.82. The van der Waals surface area contributed by atoms with Crippen LogP contribution in [0.1, 0.15) is 28.8 Å². The number of nitrogens with one attached hydrogen (secondary N) is 1. The number of nitrogens with zero attached hydrogens (tertiary/aromatic N) is 1. The van der Waals surface area contributed by atoms with Crippen LogP contribution in [0.25, 0.3) is 0 Å². The average molecular weight is 324 g/mol. The Morgan fingerprint density at radius 1 is 1.12 bits per heavy atom. The number of hydrogen-bond donors (Lipinski definition) is 1. The van der Waals surface area contributed by atoms with Gasteiger partial charge in [0.15, 0.2) is 0 Å². The summed E-state index contributed by atoms with van der Waals surface area (Å²) in [7, 11) is 1.65. The Kier molecular flexibility index (Phi) is 5.49. The van der Waals surface area contributed by atoms with Gasteiger partial charge < -0.3 is 10.1 Å². The van der Waals surface area contributed by atoms with Crippen LogP contribution in [-0.2, 0) is 6.54 Å². The van der Waals surface area contributed by atoms with Crippen molar-refractivity contribution < 1.29 is 9.53 Å².